The van der Waals surface area contributed by atoms with Crippen molar-refractivity contribution in [2.24, 2.45) is 11.1 Å². The van der Waals surface area contributed by atoms with Crippen molar-refractivity contribution in [3.63, 3.8) is 0 Å². The first-order valence-corrected chi connectivity index (χ1v) is 7.84. The fourth-order valence-electron chi connectivity index (χ4n) is 4.45. The van der Waals surface area contributed by atoms with Crippen LogP contribution in [0.5, 0.6) is 0 Å². The summed E-state index contributed by atoms with van der Waals surface area (Å²) in [6.07, 6.45) is 8.80. The second-order valence-corrected chi connectivity index (χ2v) is 7.70. The van der Waals surface area contributed by atoms with E-state index in [1.165, 1.54) is 44.9 Å². The van der Waals surface area contributed by atoms with Crippen molar-refractivity contribution in [2.75, 3.05) is 0 Å². The smallest absolute Gasteiger partial charge is 0.0165 e. The summed E-state index contributed by atoms with van der Waals surface area (Å²) in [5.74, 6) is 0.698. The van der Waals surface area contributed by atoms with E-state index in [9.17, 15) is 0 Å². The Bertz CT molecular complexity index is 463. The van der Waals surface area contributed by atoms with Gasteiger partial charge in [-0.15, -0.1) is 0 Å². The normalized spacial score (nSPS) is 33.1. The Morgan fingerprint density at radius 2 is 2.00 bits per heavy atom. The molecule has 0 heterocycles. The van der Waals surface area contributed by atoms with Crippen molar-refractivity contribution in [2.45, 2.75) is 70.3 Å². The van der Waals surface area contributed by atoms with Crippen LogP contribution in [0.1, 0.15) is 69.4 Å². The highest BCUT2D eigenvalue weighted by molar-refractivity contribution is 5.33. The van der Waals surface area contributed by atoms with E-state index in [0.717, 1.165) is 0 Å². The lowest BCUT2D eigenvalue weighted by Crippen LogP contribution is -2.39. The molecule has 1 aromatic rings. The first-order valence-electron chi connectivity index (χ1n) is 7.84. The van der Waals surface area contributed by atoms with Crippen molar-refractivity contribution in [1.82, 2.24) is 0 Å². The molecular weight excluding hydrogens is 230 g/mol. The van der Waals surface area contributed by atoms with Gasteiger partial charge >= 0.3 is 0 Å². The highest BCUT2D eigenvalue weighted by atomic mass is 14.8. The maximum atomic E-state index is 6.72. The Labute approximate surface area is 117 Å². The van der Waals surface area contributed by atoms with Crippen LogP contribution in [0.4, 0.5) is 0 Å². The van der Waals surface area contributed by atoms with Gasteiger partial charge in [0.25, 0.3) is 0 Å². The summed E-state index contributed by atoms with van der Waals surface area (Å²) in [5.41, 5.74) is 10.4. The molecular formula is C18H27N. The highest BCUT2D eigenvalue weighted by Gasteiger charge is 2.42. The second kappa shape index (κ2) is 4.63. The van der Waals surface area contributed by atoms with Crippen LogP contribution in [0.15, 0.2) is 24.3 Å². The van der Waals surface area contributed by atoms with E-state index >= 15 is 0 Å². The Morgan fingerprint density at radius 1 is 1.21 bits per heavy atom. The maximum Gasteiger partial charge on any atom is 0.0165 e. The van der Waals surface area contributed by atoms with Gasteiger partial charge in [0.2, 0.25) is 0 Å². The molecule has 1 aromatic carbocycles. The molecule has 2 unspecified atom stereocenters. The molecule has 104 valence electrons. The SMILES string of the molecule is CC1(C)CCC(N)(CC2CCCc3ccccc32)C1. The van der Waals surface area contributed by atoms with E-state index in [1.54, 1.807) is 11.1 Å². The van der Waals surface area contributed by atoms with E-state index in [0.29, 0.717) is 11.3 Å². The van der Waals surface area contributed by atoms with E-state index in [1.807, 2.05) is 0 Å². The lowest BCUT2D eigenvalue weighted by Gasteiger charge is -2.34. The summed E-state index contributed by atoms with van der Waals surface area (Å²) >= 11 is 0. The molecule has 1 heteroatoms. The monoisotopic (exact) mass is 257 g/mol. The molecule has 0 aromatic heterocycles. The van der Waals surface area contributed by atoms with Gasteiger partial charge in [-0.05, 0) is 67.4 Å². The molecule has 0 aliphatic heterocycles. The average molecular weight is 257 g/mol. The topological polar surface area (TPSA) is 26.0 Å². The van der Waals surface area contributed by atoms with Crippen LogP contribution >= 0.6 is 0 Å². The average Bonchev–Trinajstić information content (AvgIpc) is 2.64. The summed E-state index contributed by atoms with van der Waals surface area (Å²) in [4.78, 5) is 0. The van der Waals surface area contributed by atoms with Crippen molar-refractivity contribution in [1.29, 1.82) is 0 Å². The van der Waals surface area contributed by atoms with Gasteiger partial charge in [-0.1, -0.05) is 38.1 Å². The number of benzene rings is 1. The molecule has 0 bridgehead atoms. The molecule has 1 fully saturated rings. The molecule has 2 aliphatic carbocycles. The minimum atomic E-state index is 0.0820. The Balaban J connectivity index is 1.78. The van der Waals surface area contributed by atoms with Gasteiger partial charge in [0.1, 0.15) is 0 Å². The fraction of sp³-hybridized carbons (Fsp3) is 0.667. The molecule has 3 rings (SSSR count). The van der Waals surface area contributed by atoms with Gasteiger partial charge in [0.05, 0.1) is 0 Å². The third kappa shape index (κ3) is 2.72. The molecule has 19 heavy (non-hydrogen) atoms. The molecule has 0 saturated heterocycles. The van der Waals surface area contributed by atoms with Crippen molar-refractivity contribution < 1.29 is 0 Å². The molecule has 1 saturated carbocycles. The Hall–Kier alpha value is -0.820. The van der Waals surface area contributed by atoms with Crippen molar-refractivity contribution in [3.8, 4) is 0 Å². The number of fused-ring (bicyclic) bond motifs is 1. The lowest BCUT2D eigenvalue weighted by molar-refractivity contribution is 0.300. The summed E-state index contributed by atoms with van der Waals surface area (Å²) in [6, 6.07) is 9.02. The zero-order valence-corrected chi connectivity index (χ0v) is 12.4. The van der Waals surface area contributed by atoms with E-state index in [2.05, 4.69) is 38.1 Å². The van der Waals surface area contributed by atoms with Crippen LogP contribution in [0.2, 0.25) is 0 Å². The molecule has 0 radical (unpaired) electrons. The number of nitrogens with two attached hydrogens (primary N) is 1. The number of aryl methyl sites for hydroxylation is 1. The number of hydrogen-bond donors (Lipinski definition) is 1. The van der Waals surface area contributed by atoms with E-state index in [-0.39, 0.29) is 5.54 Å². The quantitative estimate of drug-likeness (QED) is 0.834. The molecule has 2 atom stereocenters. The molecule has 2 aliphatic rings. The van der Waals surface area contributed by atoms with Crippen LogP contribution in [-0.2, 0) is 6.42 Å². The molecule has 0 amide bonds. The zero-order valence-electron chi connectivity index (χ0n) is 12.4. The predicted octanol–water partition coefficient (Wildman–Crippen LogP) is 4.40. The molecule has 1 nitrogen and oxygen atoms in total. The van der Waals surface area contributed by atoms with Crippen LogP contribution in [0, 0.1) is 5.41 Å². The fourth-order valence-corrected chi connectivity index (χ4v) is 4.45. The largest absolute Gasteiger partial charge is 0.325 e. The van der Waals surface area contributed by atoms with Crippen molar-refractivity contribution in [3.05, 3.63) is 35.4 Å². The van der Waals surface area contributed by atoms with E-state index in [4.69, 9.17) is 5.73 Å². The third-order valence-electron chi connectivity index (χ3n) is 5.28. The second-order valence-electron chi connectivity index (χ2n) is 7.70. The first kappa shape index (κ1) is 13.2. The summed E-state index contributed by atoms with van der Waals surface area (Å²) in [6.45, 7) is 4.74. The zero-order chi connectivity index (χ0) is 13.5. The van der Waals surface area contributed by atoms with Crippen LogP contribution in [0.3, 0.4) is 0 Å². The van der Waals surface area contributed by atoms with Gasteiger partial charge in [-0.3, -0.25) is 0 Å². The van der Waals surface area contributed by atoms with Gasteiger partial charge in [-0.2, -0.15) is 0 Å². The third-order valence-corrected chi connectivity index (χ3v) is 5.28. The minimum absolute atomic E-state index is 0.0820. The molecule has 2 N–H and O–H groups in total. The lowest BCUT2D eigenvalue weighted by atomic mass is 9.74. The number of rotatable bonds is 2. The van der Waals surface area contributed by atoms with Gasteiger partial charge in [-0.25, -0.2) is 0 Å². The summed E-state index contributed by atoms with van der Waals surface area (Å²) < 4.78 is 0. The Morgan fingerprint density at radius 3 is 2.74 bits per heavy atom. The maximum absolute atomic E-state index is 6.72. The van der Waals surface area contributed by atoms with E-state index < -0.39 is 0 Å². The first-order chi connectivity index (χ1) is 8.98. The van der Waals surface area contributed by atoms with Gasteiger partial charge in [0, 0.05) is 5.54 Å². The predicted molar refractivity (Wildman–Crippen MR) is 81.3 cm³/mol. The Kier molecular flexibility index (Phi) is 3.21. The molecule has 0 spiro atoms. The van der Waals surface area contributed by atoms with Crippen LogP contribution in [-0.4, -0.2) is 5.54 Å². The summed E-state index contributed by atoms with van der Waals surface area (Å²) in [5, 5.41) is 0. The standard InChI is InChI=1S/C18H27N/c1-17(2)10-11-18(19,13-17)12-15-8-5-7-14-6-3-4-9-16(14)15/h3-4,6,9,15H,5,7-8,10-13,19H2,1-2H3. The van der Waals surface area contributed by atoms with Crippen LogP contribution in [0.25, 0.3) is 0 Å². The van der Waals surface area contributed by atoms with Crippen LogP contribution < -0.4 is 5.73 Å². The minimum Gasteiger partial charge on any atom is -0.325 e. The number of hydrogen-bond acceptors (Lipinski definition) is 1. The van der Waals surface area contributed by atoms with Crippen molar-refractivity contribution >= 4 is 0 Å². The van der Waals surface area contributed by atoms with Gasteiger partial charge < -0.3 is 5.73 Å². The van der Waals surface area contributed by atoms with Gasteiger partial charge in [0.15, 0.2) is 0 Å². The highest BCUT2D eigenvalue weighted by Crippen LogP contribution is 2.47. The summed E-state index contributed by atoms with van der Waals surface area (Å²) in [7, 11) is 0.